The number of halogens is 5. The van der Waals surface area contributed by atoms with Gasteiger partial charge < -0.3 is 5.32 Å². The van der Waals surface area contributed by atoms with E-state index in [1.165, 1.54) is 12.1 Å². The lowest BCUT2D eigenvalue weighted by Crippen LogP contribution is -2.12. The van der Waals surface area contributed by atoms with Crippen molar-refractivity contribution in [3.05, 3.63) is 59.6 Å². The minimum atomic E-state index is -0.330. The fourth-order valence-electron chi connectivity index (χ4n) is 1.45. The Morgan fingerprint density at radius 3 is 2.20 bits per heavy atom. The number of nitrogens with one attached hydrogen (secondary N) is 1. The number of carbonyl (C=O) groups is 1. The first-order chi connectivity index (χ1) is 9.38. The van der Waals surface area contributed by atoms with Crippen LogP contribution < -0.4 is 5.32 Å². The molecule has 0 unspecified atom stereocenters. The lowest BCUT2D eigenvalue weighted by molar-refractivity contribution is 0.102. The van der Waals surface area contributed by atoms with Crippen molar-refractivity contribution in [1.82, 2.24) is 0 Å². The van der Waals surface area contributed by atoms with Crippen LogP contribution in [-0.4, -0.2) is 5.91 Å². The van der Waals surface area contributed by atoms with Crippen LogP contribution in [0.1, 0.15) is 10.4 Å². The van der Waals surface area contributed by atoms with Gasteiger partial charge in [0.25, 0.3) is 5.91 Å². The van der Waals surface area contributed by atoms with Gasteiger partial charge in [0, 0.05) is 9.13 Å². The molecule has 20 heavy (non-hydrogen) atoms. The summed E-state index contributed by atoms with van der Waals surface area (Å²) in [6.07, 6.45) is 0. The standard InChI is InChI=1S/C13H6Cl4INO/c14-7-4-10(17)12(5-8(7)15)19-13(20)6-1-2-11(18)9(16)3-6/h1-5H,(H,19,20). The molecule has 0 saturated carbocycles. The molecule has 0 fully saturated rings. The van der Waals surface area contributed by atoms with Crippen LogP contribution in [0.5, 0.6) is 0 Å². The van der Waals surface area contributed by atoms with Crippen LogP contribution in [-0.2, 0) is 0 Å². The molecule has 1 amide bonds. The van der Waals surface area contributed by atoms with Gasteiger partial charge in [-0.05, 0) is 52.9 Å². The molecule has 2 aromatic carbocycles. The van der Waals surface area contributed by atoms with Crippen LogP contribution in [0, 0.1) is 3.57 Å². The van der Waals surface area contributed by atoms with E-state index in [1.54, 1.807) is 18.2 Å². The average Bonchev–Trinajstić information content (AvgIpc) is 2.39. The van der Waals surface area contributed by atoms with Crippen molar-refractivity contribution in [2.75, 3.05) is 5.32 Å². The van der Waals surface area contributed by atoms with Gasteiger partial charge in [-0.3, -0.25) is 4.79 Å². The number of rotatable bonds is 2. The molecule has 0 aliphatic heterocycles. The van der Waals surface area contributed by atoms with E-state index in [-0.39, 0.29) is 5.91 Å². The van der Waals surface area contributed by atoms with Gasteiger partial charge >= 0.3 is 0 Å². The van der Waals surface area contributed by atoms with Gasteiger partial charge in [-0.15, -0.1) is 0 Å². The molecule has 0 spiro atoms. The Morgan fingerprint density at radius 2 is 1.55 bits per heavy atom. The van der Waals surface area contributed by atoms with Crippen LogP contribution in [0.2, 0.25) is 20.1 Å². The highest BCUT2D eigenvalue weighted by atomic mass is 127. The minimum Gasteiger partial charge on any atom is -0.321 e. The summed E-state index contributed by atoms with van der Waals surface area (Å²) >= 11 is 25.8. The highest BCUT2D eigenvalue weighted by Crippen LogP contribution is 2.32. The fraction of sp³-hybridized carbons (Fsp3) is 0. The van der Waals surface area contributed by atoms with E-state index in [9.17, 15) is 4.79 Å². The van der Waals surface area contributed by atoms with E-state index < -0.39 is 0 Å². The molecule has 2 aromatic rings. The molecule has 7 heteroatoms. The van der Waals surface area contributed by atoms with Gasteiger partial charge in [0.2, 0.25) is 0 Å². The van der Waals surface area contributed by atoms with E-state index in [1.807, 2.05) is 0 Å². The van der Waals surface area contributed by atoms with Crippen molar-refractivity contribution in [3.8, 4) is 0 Å². The molecule has 0 aliphatic carbocycles. The second kappa shape index (κ2) is 6.71. The van der Waals surface area contributed by atoms with E-state index in [4.69, 9.17) is 46.4 Å². The second-order valence-corrected chi connectivity index (χ2v) is 6.62. The Hall–Kier alpha value is -0.200. The third-order valence-corrected chi connectivity index (χ3v) is 5.05. The number of hydrogen-bond acceptors (Lipinski definition) is 1. The SMILES string of the molecule is O=C(Nc1cc(Cl)c(Cl)cc1Cl)c1ccc(I)c(Cl)c1. The van der Waals surface area contributed by atoms with Crippen molar-refractivity contribution < 1.29 is 4.79 Å². The van der Waals surface area contributed by atoms with Gasteiger partial charge in [0.05, 0.1) is 25.8 Å². The molecule has 0 bridgehead atoms. The minimum absolute atomic E-state index is 0.310. The van der Waals surface area contributed by atoms with Crippen LogP contribution in [0.15, 0.2) is 30.3 Å². The van der Waals surface area contributed by atoms with Gasteiger partial charge in [-0.25, -0.2) is 0 Å². The number of amides is 1. The highest BCUT2D eigenvalue weighted by molar-refractivity contribution is 14.1. The molecular formula is C13H6Cl4INO. The van der Waals surface area contributed by atoms with Crippen molar-refractivity contribution in [2.24, 2.45) is 0 Å². The second-order valence-electron chi connectivity index (χ2n) is 3.83. The first-order valence-corrected chi connectivity index (χ1v) is 7.88. The van der Waals surface area contributed by atoms with Crippen LogP contribution in [0.25, 0.3) is 0 Å². The van der Waals surface area contributed by atoms with Crippen molar-refractivity contribution in [1.29, 1.82) is 0 Å². The van der Waals surface area contributed by atoms with Crippen LogP contribution in [0.3, 0.4) is 0 Å². The maximum absolute atomic E-state index is 12.1. The summed E-state index contributed by atoms with van der Waals surface area (Å²) in [6, 6.07) is 7.99. The Kier molecular flexibility index (Phi) is 5.42. The number of hydrogen-bond donors (Lipinski definition) is 1. The lowest BCUT2D eigenvalue weighted by Gasteiger charge is -2.09. The van der Waals surface area contributed by atoms with E-state index in [0.29, 0.717) is 31.3 Å². The summed E-state index contributed by atoms with van der Waals surface area (Å²) in [6.45, 7) is 0. The van der Waals surface area contributed by atoms with Gasteiger partial charge in [0.15, 0.2) is 0 Å². The predicted octanol–water partition coefficient (Wildman–Crippen LogP) is 6.16. The average molecular weight is 461 g/mol. The Balaban J connectivity index is 2.27. The zero-order valence-electron chi connectivity index (χ0n) is 9.68. The molecule has 0 atom stereocenters. The largest absolute Gasteiger partial charge is 0.321 e. The zero-order chi connectivity index (χ0) is 14.9. The summed E-state index contributed by atoms with van der Waals surface area (Å²) in [5.41, 5.74) is 0.818. The summed E-state index contributed by atoms with van der Waals surface area (Å²) < 4.78 is 0.869. The lowest BCUT2D eigenvalue weighted by atomic mass is 10.2. The normalized spacial score (nSPS) is 10.4. The zero-order valence-corrected chi connectivity index (χ0v) is 14.9. The Labute approximate surface area is 149 Å². The predicted molar refractivity (Wildman–Crippen MR) is 93.6 cm³/mol. The molecule has 0 aromatic heterocycles. The van der Waals surface area contributed by atoms with E-state index >= 15 is 0 Å². The molecule has 0 aliphatic rings. The van der Waals surface area contributed by atoms with Crippen molar-refractivity contribution in [3.63, 3.8) is 0 Å². The summed E-state index contributed by atoms with van der Waals surface area (Å²) in [5, 5.41) is 4.13. The van der Waals surface area contributed by atoms with E-state index in [2.05, 4.69) is 27.9 Å². The molecular weight excluding hydrogens is 455 g/mol. The third-order valence-electron chi connectivity index (χ3n) is 2.44. The molecule has 0 saturated heterocycles. The molecule has 2 rings (SSSR count). The first-order valence-electron chi connectivity index (χ1n) is 5.29. The summed E-state index contributed by atoms with van der Waals surface area (Å²) in [4.78, 5) is 12.1. The van der Waals surface area contributed by atoms with Gasteiger partial charge in [0.1, 0.15) is 0 Å². The van der Waals surface area contributed by atoms with Crippen molar-refractivity contribution >= 4 is 80.6 Å². The number of carbonyl (C=O) groups excluding carboxylic acids is 1. The molecule has 104 valence electrons. The number of anilines is 1. The maximum atomic E-state index is 12.1. The van der Waals surface area contributed by atoms with Gasteiger partial charge in [-0.2, -0.15) is 0 Å². The summed E-state index contributed by atoms with van der Waals surface area (Å²) in [7, 11) is 0. The van der Waals surface area contributed by atoms with Crippen molar-refractivity contribution in [2.45, 2.75) is 0 Å². The van der Waals surface area contributed by atoms with Crippen LogP contribution >= 0.6 is 69.0 Å². The third kappa shape index (κ3) is 3.71. The Bertz CT molecular complexity index is 690. The number of benzene rings is 2. The molecule has 1 N–H and O–H groups in total. The smallest absolute Gasteiger partial charge is 0.255 e. The molecule has 0 radical (unpaired) electrons. The quantitative estimate of drug-likeness (QED) is 0.422. The first kappa shape index (κ1) is 16.2. The highest BCUT2D eigenvalue weighted by Gasteiger charge is 2.12. The maximum Gasteiger partial charge on any atom is 0.255 e. The van der Waals surface area contributed by atoms with Gasteiger partial charge in [-0.1, -0.05) is 46.4 Å². The monoisotopic (exact) mass is 459 g/mol. The Morgan fingerprint density at radius 1 is 0.900 bits per heavy atom. The fourth-order valence-corrected chi connectivity index (χ4v) is 2.56. The molecule has 2 nitrogen and oxygen atoms in total. The summed E-state index contributed by atoms with van der Waals surface area (Å²) in [5.74, 6) is -0.330. The van der Waals surface area contributed by atoms with E-state index in [0.717, 1.165) is 3.57 Å². The molecule has 0 heterocycles. The van der Waals surface area contributed by atoms with Crippen LogP contribution in [0.4, 0.5) is 5.69 Å². The topological polar surface area (TPSA) is 29.1 Å².